The van der Waals surface area contributed by atoms with E-state index in [-0.39, 0.29) is 12.5 Å². The summed E-state index contributed by atoms with van der Waals surface area (Å²) in [5, 5.41) is 0. The van der Waals surface area contributed by atoms with Gasteiger partial charge in [-0.1, -0.05) is 56.3 Å². The highest BCUT2D eigenvalue weighted by Gasteiger charge is 2.44. The highest BCUT2D eigenvalue weighted by molar-refractivity contribution is 6.22. The molecular formula is C20H19NO4. The maximum Gasteiger partial charge on any atom is 0.329 e. The lowest BCUT2D eigenvalue weighted by Gasteiger charge is -2.27. The SMILES string of the molecule is CC(C)C(C(=O)OCc1ccccc1)N1C(=O)c2ccccc2C1=O. The molecule has 0 radical (unpaired) electrons. The van der Waals surface area contributed by atoms with Crippen LogP contribution in [0.2, 0.25) is 0 Å². The van der Waals surface area contributed by atoms with Gasteiger partial charge in [-0.15, -0.1) is 0 Å². The van der Waals surface area contributed by atoms with Gasteiger partial charge in [0, 0.05) is 0 Å². The number of rotatable bonds is 5. The van der Waals surface area contributed by atoms with E-state index in [4.69, 9.17) is 4.74 Å². The molecule has 3 rings (SSSR count). The fraction of sp³-hybridized carbons (Fsp3) is 0.250. The van der Waals surface area contributed by atoms with Crippen LogP contribution in [-0.2, 0) is 16.1 Å². The fourth-order valence-corrected chi connectivity index (χ4v) is 2.95. The molecule has 2 aromatic carbocycles. The van der Waals surface area contributed by atoms with Crippen LogP contribution in [0.5, 0.6) is 0 Å². The van der Waals surface area contributed by atoms with Crippen LogP contribution in [0.1, 0.15) is 40.1 Å². The molecular weight excluding hydrogens is 318 g/mol. The molecule has 5 nitrogen and oxygen atoms in total. The third kappa shape index (κ3) is 3.18. The van der Waals surface area contributed by atoms with Gasteiger partial charge in [-0.3, -0.25) is 14.5 Å². The molecule has 128 valence electrons. The van der Waals surface area contributed by atoms with Crippen LogP contribution in [0.3, 0.4) is 0 Å². The van der Waals surface area contributed by atoms with Gasteiger partial charge in [0.15, 0.2) is 0 Å². The Morgan fingerprint density at radius 3 is 1.96 bits per heavy atom. The molecule has 0 aromatic heterocycles. The molecule has 1 aliphatic rings. The topological polar surface area (TPSA) is 63.7 Å². The minimum absolute atomic E-state index is 0.103. The van der Waals surface area contributed by atoms with Crippen molar-refractivity contribution in [2.24, 2.45) is 5.92 Å². The van der Waals surface area contributed by atoms with E-state index in [2.05, 4.69) is 0 Å². The van der Waals surface area contributed by atoms with E-state index in [0.717, 1.165) is 10.5 Å². The zero-order valence-corrected chi connectivity index (χ0v) is 14.1. The molecule has 0 saturated heterocycles. The second-order valence-corrected chi connectivity index (χ2v) is 6.31. The average Bonchev–Trinajstić information content (AvgIpc) is 2.86. The summed E-state index contributed by atoms with van der Waals surface area (Å²) in [7, 11) is 0. The summed E-state index contributed by atoms with van der Waals surface area (Å²) in [5.41, 5.74) is 1.50. The maximum atomic E-state index is 12.6. The van der Waals surface area contributed by atoms with Gasteiger partial charge >= 0.3 is 5.97 Å². The third-order valence-electron chi connectivity index (χ3n) is 4.20. The third-order valence-corrected chi connectivity index (χ3v) is 4.20. The standard InChI is InChI=1S/C20H19NO4/c1-13(2)17(20(24)25-12-14-8-4-3-5-9-14)21-18(22)15-10-6-7-11-16(15)19(21)23/h3-11,13,17H,12H2,1-2H3. The molecule has 0 bridgehead atoms. The van der Waals surface area contributed by atoms with Gasteiger partial charge < -0.3 is 4.74 Å². The van der Waals surface area contributed by atoms with Crippen LogP contribution in [0, 0.1) is 5.92 Å². The zero-order chi connectivity index (χ0) is 18.0. The van der Waals surface area contributed by atoms with E-state index in [1.54, 1.807) is 38.1 Å². The molecule has 2 aromatic rings. The van der Waals surface area contributed by atoms with Crippen molar-refractivity contribution in [3.05, 3.63) is 71.3 Å². The summed E-state index contributed by atoms with van der Waals surface area (Å²) in [6, 6.07) is 14.9. The highest BCUT2D eigenvalue weighted by atomic mass is 16.5. The van der Waals surface area contributed by atoms with Crippen molar-refractivity contribution in [3.63, 3.8) is 0 Å². The summed E-state index contributed by atoms with van der Waals surface area (Å²) >= 11 is 0. The van der Waals surface area contributed by atoms with Crippen molar-refractivity contribution < 1.29 is 19.1 Å². The van der Waals surface area contributed by atoms with Gasteiger partial charge in [-0.2, -0.15) is 0 Å². The number of esters is 1. The molecule has 1 heterocycles. The molecule has 5 heteroatoms. The molecule has 0 saturated carbocycles. The fourth-order valence-electron chi connectivity index (χ4n) is 2.95. The minimum Gasteiger partial charge on any atom is -0.459 e. The highest BCUT2D eigenvalue weighted by Crippen LogP contribution is 2.27. The summed E-state index contributed by atoms with van der Waals surface area (Å²) in [4.78, 5) is 38.9. The molecule has 1 unspecified atom stereocenters. The van der Waals surface area contributed by atoms with E-state index >= 15 is 0 Å². The number of carbonyl (C=O) groups is 3. The van der Waals surface area contributed by atoms with E-state index in [1.165, 1.54) is 0 Å². The first kappa shape index (κ1) is 16.9. The Kier molecular flexibility index (Phi) is 4.65. The number of nitrogens with zero attached hydrogens (tertiary/aromatic N) is 1. The first-order chi connectivity index (χ1) is 12.0. The molecule has 0 spiro atoms. The van der Waals surface area contributed by atoms with Crippen LogP contribution < -0.4 is 0 Å². The number of carbonyl (C=O) groups excluding carboxylic acids is 3. The Morgan fingerprint density at radius 2 is 1.44 bits per heavy atom. The van der Waals surface area contributed by atoms with E-state index in [1.807, 2.05) is 30.3 Å². The van der Waals surface area contributed by atoms with Gasteiger partial charge in [0.1, 0.15) is 12.6 Å². The lowest BCUT2D eigenvalue weighted by Crippen LogP contribution is -2.48. The molecule has 1 atom stereocenters. The van der Waals surface area contributed by atoms with Crippen LogP contribution >= 0.6 is 0 Å². The Labute approximate surface area is 146 Å². The van der Waals surface area contributed by atoms with Crippen LogP contribution in [-0.4, -0.2) is 28.7 Å². The summed E-state index contributed by atoms with van der Waals surface area (Å²) < 4.78 is 5.37. The van der Waals surface area contributed by atoms with Crippen LogP contribution in [0.25, 0.3) is 0 Å². The van der Waals surface area contributed by atoms with Crippen LogP contribution in [0.4, 0.5) is 0 Å². The van der Waals surface area contributed by atoms with Crippen LogP contribution in [0.15, 0.2) is 54.6 Å². The molecule has 0 fully saturated rings. The van der Waals surface area contributed by atoms with Crippen molar-refractivity contribution in [2.75, 3.05) is 0 Å². The Hall–Kier alpha value is -2.95. The van der Waals surface area contributed by atoms with Gasteiger partial charge in [-0.05, 0) is 23.6 Å². The van der Waals surface area contributed by atoms with E-state index in [0.29, 0.717) is 11.1 Å². The number of amides is 2. The first-order valence-corrected chi connectivity index (χ1v) is 8.18. The number of ether oxygens (including phenoxy) is 1. The number of imide groups is 1. The first-order valence-electron chi connectivity index (χ1n) is 8.18. The smallest absolute Gasteiger partial charge is 0.329 e. The van der Waals surface area contributed by atoms with Crippen molar-refractivity contribution in [2.45, 2.75) is 26.5 Å². The van der Waals surface area contributed by atoms with Gasteiger partial charge in [0.2, 0.25) is 0 Å². The molecule has 2 amide bonds. The number of hydrogen-bond acceptors (Lipinski definition) is 4. The Bertz CT molecular complexity index is 778. The zero-order valence-electron chi connectivity index (χ0n) is 14.1. The lowest BCUT2D eigenvalue weighted by atomic mass is 10.0. The van der Waals surface area contributed by atoms with Crippen molar-refractivity contribution in [1.82, 2.24) is 4.90 Å². The minimum atomic E-state index is -0.948. The van der Waals surface area contributed by atoms with Gasteiger partial charge in [0.05, 0.1) is 11.1 Å². The largest absolute Gasteiger partial charge is 0.459 e. The van der Waals surface area contributed by atoms with Crippen molar-refractivity contribution >= 4 is 17.8 Å². The molecule has 1 aliphatic heterocycles. The number of fused-ring (bicyclic) bond motifs is 1. The maximum absolute atomic E-state index is 12.6. The van der Waals surface area contributed by atoms with Gasteiger partial charge in [-0.25, -0.2) is 4.79 Å². The Balaban J connectivity index is 1.81. The monoisotopic (exact) mass is 337 g/mol. The predicted molar refractivity (Wildman–Crippen MR) is 91.8 cm³/mol. The van der Waals surface area contributed by atoms with Gasteiger partial charge in [0.25, 0.3) is 11.8 Å². The van der Waals surface area contributed by atoms with E-state index < -0.39 is 23.8 Å². The molecule has 0 aliphatic carbocycles. The Morgan fingerprint density at radius 1 is 0.920 bits per heavy atom. The summed E-state index contributed by atoms with van der Waals surface area (Å²) in [6.07, 6.45) is 0. The molecule has 25 heavy (non-hydrogen) atoms. The van der Waals surface area contributed by atoms with Crippen molar-refractivity contribution in [1.29, 1.82) is 0 Å². The quantitative estimate of drug-likeness (QED) is 0.621. The summed E-state index contributed by atoms with van der Waals surface area (Å²) in [5.74, 6) is -1.73. The lowest BCUT2D eigenvalue weighted by molar-refractivity contribution is -0.151. The molecule has 0 N–H and O–H groups in total. The number of benzene rings is 2. The average molecular weight is 337 g/mol. The van der Waals surface area contributed by atoms with E-state index in [9.17, 15) is 14.4 Å². The predicted octanol–water partition coefficient (Wildman–Crippen LogP) is 3.05. The van der Waals surface area contributed by atoms with Crippen molar-refractivity contribution in [3.8, 4) is 0 Å². The summed E-state index contributed by atoms with van der Waals surface area (Å²) in [6.45, 7) is 3.68. The normalized spacial score (nSPS) is 14.6. The second kappa shape index (κ2) is 6.89. The second-order valence-electron chi connectivity index (χ2n) is 6.31. The number of hydrogen-bond donors (Lipinski definition) is 0.